The number of amides is 2. The molecule has 0 fully saturated rings. The Morgan fingerprint density at radius 2 is 1.79 bits per heavy atom. The first-order valence-electron chi connectivity index (χ1n) is 7.91. The number of anilines is 1. The number of hydrogen-bond donors (Lipinski definition) is 2. The molecule has 0 atom stereocenters. The summed E-state index contributed by atoms with van der Waals surface area (Å²) in [5.41, 5.74) is 3.20. The second-order valence-corrected chi connectivity index (χ2v) is 6.52. The van der Waals surface area contributed by atoms with Crippen LogP contribution in [0.3, 0.4) is 0 Å². The third-order valence-electron chi connectivity index (χ3n) is 4.29. The first-order chi connectivity index (χ1) is 13.6. The summed E-state index contributed by atoms with van der Waals surface area (Å²) in [5, 5.41) is 6.13. The minimum Gasteiger partial charge on any atom is -0.384 e. The molecule has 3 aromatic rings. The van der Waals surface area contributed by atoms with Crippen molar-refractivity contribution in [2.75, 3.05) is 5.73 Å². The first-order valence-corrected chi connectivity index (χ1v) is 8.29. The first kappa shape index (κ1) is 18.7. The van der Waals surface area contributed by atoms with Gasteiger partial charge in [0.05, 0.1) is 39.3 Å². The van der Waals surface area contributed by atoms with Gasteiger partial charge in [-0.25, -0.2) is 4.68 Å². The smallest absolute Gasteiger partial charge is 0.384 e. The Hall–Kier alpha value is -3.60. The number of aromatic nitrogens is 3. The van der Waals surface area contributed by atoms with Crippen LogP contribution in [0.4, 0.5) is 19.0 Å². The van der Waals surface area contributed by atoms with Crippen LogP contribution in [0.5, 0.6) is 0 Å². The van der Waals surface area contributed by atoms with Gasteiger partial charge in [-0.15, -0.1) is 0 Å². The lowest BCUT2D eigenvalue weighted by Crippen LogP contribution is -2.25. The molecular formula is C17H9ClF3N5O3. The molecule has 3 heterocycles. The molecular weight excluding hydrogens is 415 g/mol. The number of fused-ring (bicyclic) bond motifs is 1. The maximum Gasteiger partial charge on any atom is 0.416 e. The highest BCUT2D eigenvalue weighted by atomic mass is 35.5. The maximum absolute atomic E-state index is 13.3. The molecule has 0 aliphatic carbocycles. The van der Waals surface area contributed by atoms with Crippen molar-refractivity contribution in [2.45, 2.75) is 6.18 Å². The van der Waals surface area contributed by atoms with Crippen molar-refractivity contribution < 1.29 is 22.8 Å². The number of alkyl halides is 3. The standard InChI is InChI=1S/C17H9ClF3N5O3/c18-8-5-23-25(6-8)10-2-1-7(17(19,20)21)3-11(10)26-12(27)4-9-13(14(26)22)16(29)24-15(9)28/h1-6H,22H2,(H,24,28,29). The molecule has 0 saturated carbocycles. The van der Waals surface area contributed by atoms with Crippen LogP contribution in [-0.4, -0.2) is 26.2 Å². The van der Waals surface area contributed by atoms with Crippen LogP contribution in [-0.2, 0) is 6.18 Å². The Morgan fingerprint density at radius 1 is 1.07 bits per heavy atom. The number of nitrogens with zero attached hydrogens (tertiary/aromatic N) is 3. The van der Waals surface area contributed by atoms with Gasteiger partial charge in [-0.2, -0.15) is 18.3 Å². The Balaban J connectivity index is 2.07. The highest BCUT2D eigenvalue weighted by molar-refractivity contribution is 6.30. The van der Waals surface area contributed by atoms with E-state index in [1.54, 1.807) is 0 Å². The van der Waals surface area contributed by atoms with E-state index in [9.17, 15) is 27.6 Å². The quantitative estimate of drug-likeness (QED) is 0.613. The summed E-state index contributed by atoms with van der Waals surface area (Å²) in [6.07, 6.45) is -2.14. The summed E-state index contributed by atoms with van der Waals surface area (Å²) in [4.78, 5) is 36.5. The van der Waals surface area contributed by atoms with Crippen molar-refractivity contribution in [1.29, 1.82) is 0 Å². The normalized spacial score (nSPS) is 13.5. The lowest BCUT2D eigenvalue weighted by atomic mass is 10.1. The van der Waals surface area contributed by atoms with Gasteiger partial charge in [-0.1, -0.05) is 11.6 Å². The minimum atomic E-state index is -4.71. The van der Waals surface area contributed by atoms with Crippen LogP contribution in [0.1, 0.15) is 26.3 Å². The molecule has 1 aliphatic heterocycles. The van der Waals surface area contributed by atoms with E-state index in [0.29, 0.717) is 6.07 Å². The van der Waals surface area contributed by atoms with E-state index in [2.05, 4.69) is 5.10 Å². The zero-order valence-corrected chi connectivity index (χ0v) is 14.9. The van der Waals surface area contributed by atoms with Crippen LogP contribution in [0.15, 0.2) is 41.5 Å². The summed E-state index contributed by atoms with van der Waals surface area (Å²) >= 11 is 5.84. The molecule has 148 valence electrons. The molecule has 0 bridgehead atoms. The van der Waals surface area contributed by atoms with E-state index in [1.807, 2.05) is 5.32 Å². The van der Waals surface area contributed by atoms with Gasteiger partial charge in [0.25, 0.3) is 17.4 Å². The van der Waals surface area contributed by atoms with E-state index in [1.165, 1.54) is 12.4 Å². The van der Waals surface area contributed by atoms with E-state index in [-0.39, 0.29) is 27.5 Å². The number of benzene rings is 1. The Labute approximate surface area is 164 Å². The van der Waals surface area contributed by atoms with Gasteiger partial charge in [0.2, 0.25) is 0 Å². The van der Waals surface area contributed by atoms with Crippen molar-refractivity contribution in [3.05, 3.63) is 68.7 Å². The number of carbonyl (C=O) groups is 2. The zero-order valence-electron chi connectivity index (χ0n) is 14.1. The lowest BCUT2D eigenvalue weighted by molar-refractivity contribution is -0.137. The maximum atomic E-state index is 13.3. The van der Waals surface area contributed by atoms with E-state index >= 15 is 0 Å². The van der Waals surface area contributed by atoms with Crippen LogP contribution < -0.4 is 16.6 Å². The molecule has 4 rings (SSSR count). The topological polar surface area (TPSA) is 112 Å². The summed E-state index contributed by atoms with van der Waals surface area (Å²) < 4.78 is 41.7. The van der Waals surface area contributed by atoms with Crippen LogP contribution >= 0.6 is 11.6 Å². The molecule has 1 aromatic carbocycles. The highest BCUT2D eigenvalue weighted by Crippen LogP contribution is 2.34. The molecule has 8 nitrogen and oxygen atoms in total. The predicted octanol–water partition coefficient (Wildman–Crippen LogP) is 2.16. The van der Waals surface area contributed by atoms with Gasteiger partial charge >= 0.3 is 6.18 Å². The molecule has 0 radical (unpaired) electrons. The SMILES string of the molecule is Nc1c2c(cc(=O)n1-c1cc(C(F)(F)F)ccc1-n1cc(Cl)cn1)C(=O)NC2=O. The number of pyridine rings is 1. The predicted molar refractivity (Wildman–Crippen MR) is 95.4 cm³/mol. The van der Waals surface area contributed by atoms with Gasteiger partial charge in [0, 0.05) is 12.3 Å². The number of rotatable bonds is 2. The number of carbonyl (C=O) groups excluding carboxylic acids is 2. The van der Waals surface area contributed by atoms with Crippen LogP contribution in [0.25, 0.3) is 11.4 Å². The third-order valence-corrected chi connectivity index (χ3v) is 4.49. The fraction of sp³-hybridized carbons (Fsp3) is 0.0588. The van der Waals surface area contributed by atoms with E-state index < -0.39 is 34.9 Å². The molecule has 29 heavy (non-hydrogen) atoms. The number of nitrogen functional groups attached to an aromatic ring is 1. The molecule has 0 unspecified atom stereocenters. The highest BCUT2D eigenvalue weighted by Gasteiger charge is 2.34. The van der Waals surface area contributed by atoms with Crippen molar-refractivity contribution in [2.24, 2.45) is 0 Å². The van der Waals surface area contributed by atoms with Crippen molar-refractivity contribution in [3.8, 4) is 11.4 Å². The molecule has 2 aromatic heterocycles. The number of imide groups is 1. The molecule has 3 N–H and O–H groups in total. The van der Waals surface area contributed by atoms with Gasteiger partial charge in [0.15, 0.2) is 0 Å². The van der Waals surface area contributed by atoms with Gasteiger partial charge < -0.3 is 5.73 Å². The monoisotopic (exact) mass is 423 g/mol. The lowest BCUT2D eigenvalue weighted by Gasteiger charge is -2.18. The fourth-order valence-electron chi connectivity index (χ4n) is 3.03. The Kier molecular flexibility index (Phi) is 4.01. The Morgan fingerprint density at radius 3 is 2.41 bits per heavy atom. The average molecular weight is 424 g/mol. The average Bonchev–Trinajstić information content (AvgIpc) is 3.17. The van der Waals surface area contributed by atoms with Gasteiger partial charge in [-0.05, 0) is 18.2 Å². The van der Waals surface area contributed by atoms with Crippen molar-refractivity contribution in [1.82, 2.24) is 19.7 Å². The number of halogens is 4. The Bertz CT molecular complexity index is 1260. The summed E-state index contributed by atoms with van der Waals surface area (Å²) in [6.45, 7) is 0. The fourth-order valence-corrected chi connectivity index (χ4v) is 3.17. The van der Waals surface area contributed by atoms with Crippen LogP contribution in [0, 0.1) is 0 Å². The second-order valence-electron chi connectivity index (χ2n) is 6.08. The van der Waals surface area contributed by atoms with Crippen molar-refractivity contribution in [3.63, 3.8) is 0 Å². The minimum absolute atomic E-state index is 0.0448. The zero-order chi connectivity index (χ0) is 21.1. The van der Waals surface area contributed by atoms with E-state index in [0.717, 1.165) is 27.4 Å². The third kappa shape index (κ3) is 2.95. The second kappa shape index (κ2) is 6.21. The van der Waals surface area contributed by atoms with Crippen molar-refractivity contribution >= 4 is 29.2 Å². The summed E-state index contributed by atoms with van der Waals surface area (Å²) in [7, 11) is 0. The summed E-state index contributed by atoms with van der Waals surface area (Å²) in [5.74, 6) is -2.15. The number of nitrogens with one attached hydrogen (secondary N) is 1. The molecule has 0 spiro atoms. The molecule has 12 heteroatoms. The largest absolute Gasteiger partial charge is 0.416 e. The molecule has 1 aliphatic rings. The summed E-state index contributed by atoms with van der Waals surface area (Å²) in [6, 6.07) is 3.43. The number of hydrogen-bond acceptors (Lipinski definition) is 5. The van der Waals surface area contributed by atoms with Crippen LogP contribution in [0.2, 0.25) is 5.02 Å². The number of nitrogens with two attached hydrogens (primary N) is 1. The molecule has 0 saturated heterocycles. The van der Waals surface area contributed by atoms with Gasteiger partial charge in [-0.3, -0.25) is 24.3 Å². The molecule has 2 amide bonds. The van der Waals surface area contributed by atoms with Gasteiger partial charge in [0.1, 0.15) is 5.82 Å². The van der Waals surface area contributed by atoms with E-state index in [4.69, 9.17) is 17.3 Å².